The van der Waals surface area contributed by atoms with E-state index in [2.05, 4.69) is 0 Å². The molecule has 2 aromatic carbocycles. The summed E-state index contributed by atoms with van der Waals surface area (Å²) in [5.74, 6) is 0.329. The number of halogens is 1. The van der Waals surface area contributed by atoms with Gasteiger partial charge in [-0.3, -0.25) is 14.4 Å². The molecule has 13 heteroatoms. The van der Waals surface area contributed by atoms with E-state index in [0.717, 1.165) is 0 Å². The minimum absolute atomic E-state index is 0.0682. The van der Waals surface area contributed by atoms with Gasteiger partial charge in [0.15, 0.2) is 6.10 Å². The number of benzene rings is 2. The number of hydrogen-bond donors (Lipinski definition) is 3. The van der Waals surface area contributed by atoms with E-state index in [-0.39, 0.29) is 45.3 Å². The van der Waals surface area contributed by atoms with Crippen LogP contribution in [0.25, 0.3) is 0 Å². The Morgan fingerprint density at radius 2 is 1.03 bits per heavy atom. The van der Waals surface area contributed by atoms with Crippen LogP contribution >= 0.6 is 11.6 Å². The number of hydrogen-bond acceptors (Lipinski definition) is 12. The topological polar surface area (TPSA) is 185 Å². The average molecular weight is 540 g/mol. The maximum absolute atomic E-state index is 11.5. The second kappa shape index (κ2) is 16.2. The van der Waals surface area contributed by atoms with Crippen LogP contribution in [0.15, 0.2) is 48.5 Å². The summed E-state index contributed by atoms with van der Waals surface area (Å²) in [6, 6.07) is 13.5. The first-order valence-corrected chi connectivity index (χ1v) is 11.7. The van der Waals surface area contributed by atoms with Crippen LogP contribution in [-0.4, -0.2) is 75.5 Å². The van der Waals surface area contributed by atoms with E-state index in [0.29, 0.717) is 23.0 Å². The highest BCUT2D eigenvalue weighted by Gasteiger charge is 2.17. The van der Waals surface area contributed by atoms with Gasteiger partial charge in [-0.25, -0.2) is 0 Å². The van der Waals surface area contributed by atoms with Gasteiger partial charge < -0.3 is 45.6 Å². The number of carbonyl (C=O) groups is 3. The molecule has 0 amide bonds. The van der Waals surface area contributed by atoms with E-state index in [1.165, 1.54) is 0 Å². The van der Waals surface area contributed by atoms with Gasteiger partial charge in [0, 0.05) is 0 Å². The van der Waals surface area contributed by atoms with Crippen molar-refractivity contribution in [2.45, 2.75) is 12.2 Å². The van der Waals surface area contributed by atoms with Crippen molar-refractivity contribution in [2.75, 3.05) is 45.3 Å². The number of rotatable bonds is 16. The van der Waals surface area contributed by atoms with Crippen molar-refractivity contribution in [2.24, 2.45) is 17.2 Å². The van der Waals surface area contributed by atoms with Crippen molar-refractivity contribution in [1.29, 1.82) is 0 Å². The van der Waals surface area contributed by atoms with Crippen LogP contribution in [0.3, 0.4) is 0 Å². The number of alkyl halides is 1. The lowest BCUT2D eigenvalue weighted by molar-refractivity contribution is -0.158. The first-order valence-electron chi connectivity index (χ1n) is 11.2. The molecule has 6 N–H and O–H groups in total. The molecule has 2 rings (SSSR count). The molecule has 0 radical (unpaired) electrons. The summed E-state index contributed by atoms with van der Waals surface area (Å²) in [5, 5.41) is 0. The molecule has 0 aliphatic carbocycles. The highest BCUT2D eigenvalue weighted by Crippen LogP contribution is 2.26. The fraction of sp³-hybridized carbons (Fsp3) is 0.375. The third-order valence-electron chi connectivity index (χ3n) is 4.45. The van der Waals surface area contributed by atoms with Gasteiger partial charge in [-0.2, -0.15) is 0 Å². The molecule has 2 atom stereocenters. The van der Waals surface area contributed by atoms with Crippen LogP contribution in [-0.2, 0) is 28.6 Å². The molecule has 0 spiro atoms. The standard InChI is InChI=1S/C24H30ClN3O9/c25-9-20(36-23(30)11-27)13-32-16-1-5-18(6-2-16)35-19-7-3-17(4-8-19)33-14-21(37-24(31)12-28)15-34-22(29)10-26/h1-8,20-21H,9-15,26-28H2. The summed E-state index contributed by atoms with van der Waals surface area (Å²) in [5.41, 5.74) is 15.7. The molecule has 0 aromatic heterocycles. The van der Waals surface area contributed by atoms with Crippen LogP contribution in [0.1, 0.15) is 0 Å². The minimum atomic E-state index is -0.851. The Hall–Kier alpha value is -3.58. The lowest BCUT2D eigenvalue weighted by atomic mass is 10.3. The molecular weight excluding hydrogens is 510 g/mol. The van der Waals surface area contributed by atoms with E-state index < -0.39 is 30.1 Å². The van der Waals surface area contributed by atoms with Crippen LogP contribution < -0.4 is 31.4 Å². The Morgan fingerprint density at radius 3 is 1.46 bits per heavy atom. The van der Waals surface area contributed by atoms with Crippen LogP contribution in [0.2, 0.25) is 0 Å². The Morgan fingerprint density at radius 1 is 0.622 bits per heavy atom. The molecule has 0 heterocycles. The molecule has 0 saturated carbocycles. The van der Waals surface area contributed by atoms with Crippen molar-refractivity contribution < 1.29 is 42.8 Å². The molecule has 0 bridgehead atoms. The monoisotopic (exact) mass is 539 g/mol. The van der Waals surface area contributed by atoms with Crippen molar-refractivity contribution in [3.05, 3.63) is 48.5 Å². The Balaban J connectivity index is 1.85. The van der Waals surface area contributed by atoms with Crippen LogP contribution in [0, 0.1) is 0 Å². The molecule has 12 nitrogen and oxygen atoms in total. The highest BCUT2D eigenvalue weighted by atomic mass is 35.5. The summed E-state index contributed by atoms with van der Waals surface area (Å²) in [6.07, 6.45) is -1.46. The quantitative estimate of drug-likeness (QED) is 0.154. The Bertz CT molecular complexity index is 990. The fourth-order valence-corrected chi connectivity index (χ4v) is 2.81. The van der Waals surface area contributed by atoms with Crippen molar-refractivity contribution in [1.82, 2.24) is 0 Å². The molecule has 37 heavy (non-hydrogen) atoms. The molecule has 0 aliphatic rings. The van der Waals surface area contributed by atoms with E-state index in [1.807, 2.05) is 0 Å². The third-order valence-corrected chi connectivity index (χ3v) is 4.80. The molecule has 0 fully saturated rings. The largest absolute Gasteiger partial charge is 0.490 e. The fourth-order valence-electron chi connectivity index (χ4n) is 2.66. The molecule has 2 aromatic rings. The molecule has 0 aliphatic heterocycles. The Labute approximate surface area is 218 Å². The minimum Gasteiger partial charge on any atom is -0.490 e. The lowest BCUT2D eigenvalue weighted by Crippen LogP contribution is -2.34. The second-order valence-corrected chi connectivity index (χ2v) is 7.65. The van der Waals surface area contributed by atoms with Gasteiger partial charge in [-0.15, -0.1) is 11.6 Å². The summed E-state index contributed by atoms with van der Waals surface area (Å²) in [4.78, 5) is 34.0. The lowest BCUT2D eigenvalue weighted by Gasteiger charge is -2.18. The van der Waals surface area contributed by atoms with Gasteiger partial charge in [-0.05, 0) is 48.5 Å². The van der Waals surface area contributed by atoms with Gasteiger partial charge in [0.05, 0.1) is 25.5 Å². The first kappa shape index (κ1) is 29.6. The van der Waals surface area contributed by atoms with Gasteiger partial charge in [-0.1, -0.05) is 0 Å². The summed E-state index contributed by atoms with van der Waals surface area (Å²) >= 11 is 5.78. The second-order valence-electron chi connectivity index (χ2n) is 7.34. The Kier molecular flexibility index (Phi) is 13.0. The zero-order chi connectivity index (χ0) is 27.0. The zero-order valence-electron chi connectivity index (χ0n) is 20.0. The number of esters is 3. The van der Waals surface area contributed by atoms with E-state index in [1.54, 1.807) is 48.5 Å². The van der Waals surface area contributed by atoms with Crippen molar-refractivity contribution in [3.8, 4) is 23.0 Å². The zero-order valence-corrected chi connectivity index (χ0v) is 20.8. The van der Waals surface area contributed by atoms with Crippen molar-refractivity contribution >= 4 is 29.5 Å². The van der Waals surface area contributed by atoms with Gasteiger partial charge in [0.25, 0.3) is 0 Å². The summed E-state index contributed by atoms with van der Waals surface area (Å²) in [6.45, 7) is -1.05. The first-order chi connectivity index (χ1) is 17.9. The smallest absolute Gasteiger partial charge is 0.320 e. The maximum atomic E-state index is 11.5. The average Bonchev–Trinajstić information content (AvgIpc) is 2.93. The number of ether oxygens (including phenoxy) is 6. The van der Waals surface area contributed by atoms with Gasteiger partial charge in [0.1, 0.15) is 48.9 Å². The summed E-state index contributed by atoms with van der Waals surface area (Å²) < 4.78 is 32.1. The van der Waals surface area contributed by atoms with Gasteiger partial charge >= 0.3 is 17.9 Å². The predicted molar refractivity (Wildman–Crippen MR) is 133 cm³/mol. The maximum Gasteiger partial charge on any atom is 0.320 e. The van der Waals surface area contributed by atoms with Crippen LogP contribution in [0.5, 0.6) is 23.0 Å². The summed E-state index contributed by atoms with van der Waals surface area (Å²) in [7, 11) is 0. The molecular formula is C24H30ClN3O9. The molecule has 202 valence electrons. The predicted octanol–water partition coefficient (Wildman–Crippen LogP) is 0.718. The highest BCUT2D eigenvalue weighted by molar-refractivity contribution is 6.18. The SMILES string of the molecule is NCC(=O)OCC(COc1ccc(Oc2ccc(OCC(CCl)OC(=O)CN)cc2)cc1)OC(=O)CN. The number of carbonyl (C=O) groups excluding carboxylic acids is 3. The molecule has 2 unspecified atom stereocenters. The normalized spacial score (nSPS) is 12.1. The van der Waals surface area contributed by atoms with Crippen molar-refractivity contribution in [3.63, 3.8) is 0 Å². The third kappa shape index (κ3) is 11.3. The van der Waals surface area contributed by atoms with Crippen LogP contribution in [0.4, 0.5) is 0 Å². The van der Waals surface area contributed by atoms with E-state index in [9.17, 15) is 14.4 Å². The van der Waals surface area contributed by atoms with E-state index in [4.69, 9.17) is 57.2 Å². The van der Waals surface area contributed by atoms with Gasteiger partial charge in [0.2, 0.25) is 0 Å². The van der Waals surface area contributed by atoms with E-state index >= 15 is 0 Å². The molecule has 0 saturated heterocycles. The number of nitrogens with two attached hydrogens (primary N) is 3.